The summed E-state index contributed by atoms with van der Waals surface area (Å²) in [6.07, 6.45) is 5.32. The van der Waals surface area contributed by atoms with Crippen LogP contribution >= 0.6 is 0 Å². The molecule has 1 aromatic rings. The Hall–Kier alpha value is -0.820. The Balaban J connectivity index is 1.79. The fourth-order valence-electron chi connectivity index (χ4n) is 4.43. The molecule has 0 aromatic heterocycles. The molecule has 110 valence electrons. The molecule has 2 aliphatic rings. The van der Waals surface area contributed by atoms with E-state index in [9.17, 15) is 0 Å². The average molecular weight is 271 g/mol. The van der Waals surface area contributed by atoms with Crippen molar-refractivity contribution in [3.8, 4) is 0 Å². The first-order valence-electron chi connectivity index (χ1n) is 8.31. The van der Waals surface area contributed by atoms with Gasteiger partial charge in [-0.3, -0.25) is 0 Å². The molecule has 1 saturated carbocycles. The van der Waals surface area contributed by atoms with Gasteiger partial charge < -0.3 is 5.32 Å². The van der Waals surface area contributed by atoms with Gasteiger partial charge >= 0.3 is 0 Å². The van der Waals surface area contributed by atoms with Gasteiger partial charge in [0.25, 0.3) is 0 Å². The Kier molecular flexibility index (Phi) is 3.66. The summed E-state index contributed by atoms with van der Waals surface area (Å²) in [6.45, 7) is 9.67. The van der Waals surface area contributed by atoms with E-state index in [2.05, 4.69) is 57.3 Å². The number of hydrogen-bond acceptors (Lipinski definition) is 1. The van der Waals surface area contributed by atoms with E-state index in [0.29, 0.717) is 17.5 Å². The highest BCUT2D eigenvalue weighted by Crippen LogP contribution is 2.46. The largest absolute Gasteiger partial charge is 0.306 e. The van der Waals surface area contributed by atoms with Crippen molar-refractivity contribution in [1.82, 2.24) is 5.32 Å². The van der Waals surface area contributed by atoms with Crippen LogP contribution in [0.2, 0.25) is 0 Å². The van der Waals surface area contributed by atoms with E-state index in [1.54, 1.807) is 11.1 Å². The minimum absolute atomic E-state index is 0.340. The molecular formula is C19H29N. The summed E-state index contributed by atoms with van der Waals surface area (Å²) in [5.41, 5.74) is 3.43. The van der Waals surface area contributed by atoms with Gasteiger partial charge in [0.05, 0.1) is 0 Å². The van der Waals surface area contributed by atoms with Crippen LogP contribution in [0.1, 0.15) is 64.1 Å². The molecule has 0 aliphatic heterocycles. The van der Waals surface area contributed by atoms with Crippen molar-refractivity contribution in [1.29, 1.82) is 0 Å². The molecule has 1 fully saturated rings. The number of benzene rings is 1. The maximum absolute atomic E-state index is 4.03. The first-order chi connectivity index (χ1) is 9.47. The minimum atomic E-state index is 0.340. The normalized spacial score (nSPS) is 35.8. The molecule has 1 aromatic carbocycles. The third kappa shape index (κ3) is 2.53. The standard InChI is InChI=1S/C19H29N/c1-13-9-10-17(14(2)11-13)20-18-16-8-6-5-7-15(16)12-19(18,3)4/h5-8,13-14,17-18,20H,9-12H2,1-4H3. The van der Waals surface area contributed by atoms with Gasteiger partial charge in [-0.1, -0.05) is 52.0 Å². The van der Waals surface area contributed by atoms with Gasteiger partial charge in [0.1, 0.15) is 0 Å². The first-order valence-corrected chi connectivity index (χ1v) is 8.31. The van der Waals surface area contributed by atoms with Crippen LogP contribution in [0.5, 0.6) is 0 Å². The Morgan fingerprint density at radius 1 is 1.10 bits per heavy atom. The van der Waals surface area contributed by atoms with Crippen LogP contribution in [-0.4, -0.2) is 6.04 Å². The summed E-state index contributed by atoms with van der Waals surface area (Å²) < 4.78 is 0. The lowest BCUT2D eigenvalue weighted by molar-refractivity contribution is 0.171. The summed E-state index contributed by atoms with van der Waals surface area (Å²) in [5, 5.41) is 4.03. The smallest absolute Gasteiger partial charge is 0.0380 e. The number of nitrogens with one attached hydrogen (secondary N) is 1. The maximum Gasteiger partial charge on any atom is 0.0380 e. The number of hydrogen-bond donors (Lipinski definition) is 1. The monoisotopic (exact) mass is 271 g/mol. The summed E-state index contributed by atoms with van der Waals surface area (Å²) in [5.74, 6) is 1.72. The van der Waals surface area contributed by atoms with E-state index in [4.69, 9.17) is 0 Å². The lowest BCUT2D eigenvalue weighted by Crippen LogP contribution is -2.44. The molecule has 1 N–H and O–H groups in total. The Morgan fingerprint density at radius 2 is 1.85 bits per heavy atom. The maximum atomic E-state index is 4.03. The molecule has 0 heterocycles. The minimum Gasteiger partial charge on any atom is -0.306 e. The van der Waals surface area contributed by atoms with E-state index >= 15 is 0 Å². The van der Waals surface area contributed by atoms with Crippen LogP contribution in [0.25, 0.3) is 0 Å². The predicted molar refractivity (Wildman–Crippen MR) is 85.8 cm³/mol. The van der Waals surface area contributed by atoms with Crippen molar-refractivity contribution in [3.63, 3.8) is 0 Å². The van der Waals surface area contributed by atoms with E-state index in [0.717, 1.165) is 11.8 Å². The van der Waals surface area contributed by atoms with E-state index < -0.39 is 0 Å². The molecule has 0 spiro atoms. The first kappa shape index (κ1) is 14.1. The Labute approximate surface area is 124 Å². The molecule has 0 amide bonds. The third-order valence-corrected chi connectivity index (χ3v) is 5.61. The molecule has 1 nitrogen and oxygen atoms in total. The number of rotatable bonds is 2. The highest BCUT2D eigenvalue weighted by atomic mass is 15.0. The van der Waals surface area contributed by atoms with Crippen LogP contribution in [0.4, 0.5) is 0 Å². The van der Waals surface area contributed by atoms with E-state index in [1.165, 1.54) is 25.7 Å². The van der Waals surface area contributed by atoms with Gasteiger partial charge in [0, 0.05) is 12.1 Å². The second kappa shape index (κ2) is 5.18. The van der Waals surface area contributed by atoms with Gasteiger partial charge in [0.15, 0.2) is 0 Å². The molecule has 0 saturated heterocycles. The topological polar surface area (TPSA) is 12.0 Å². The fourth-order valence-corrected chi connectivity index (χ4v) is 4.43. The lowest BCUT2D eigenvalue weighted by atomic mass is 9.78. The molecule has 3 rings (SSSR count). The van der Waals surface area contributed by atoms with Crippen molar-refractivity contribution in [2.75, 3.05) is 0 Å². The predicted octanol–water partition coefficient (Wildman–Crippen LogP) is 4.72. The molecular weight excluding hydrogens is 242 g/mol. The Bertz CT molecular complexity index is 476. The highest BCUT2D eigenvalue weighted by Gasteiger charge is 2.40. The summed E-state index contributed by atoms with van der Waals surface area (Å²) in [6, 6.07) is 10.2. The van der Waals surface area contributed by atoms with Crippen molar-refractivity contribution in [2.45, 2.75) is 65.5 Å². The van der Waals surface area contributed by atoms with Gasteiger partial charge in [-0.05, 0) is 54.1 Å². The van der Waals surface area contributed by atoms with Crippen molar-refractivity contribution in [3.05, 3.63) is 35.4 Å². The molecule has 2 aliphatic carbocycles. The van der Waals surface area contributed by atoms with Gasteiger partial charge in [0.2, 0.25) is 0 Å². The third-order valence-electron chi connectivity index (χ3n) is 5.61. The quantitative estimate of drug-likeness (QED) is 0.820. The Morgan fingerprint density at radius 3 is 2.60 bits per heavy atom. The van der Waals surface area contributed by atoms with Gasteiger partial charge in [-0.15, -0.1) is 0 Å². The van der Waals surface area contributed by atoms with Crippen LogP contribution in [0.3, 0.4) is 0 Å². The zero-order valence-corrected chi connectivity index (χ0v) is 13.4. The molecule has 0 bridgehead atoms. The van der Waals surface area contributed by atoms with Gasteiger partial charge in [-0.2, -0.15) is 0 Å². The van der Waals surface area contributed by atoms with E-state index in [-0.39, 0.29) is 0 Å². The fraction of sp³-hybridized carbons (Fsp3) is 0.684. The highest BCUT2D eigenvalue weighted by molar-refractivity contribution is 5.37. The van der Waals surface area contributed by atoms with Crippen LogP contribution in [0, 0.1) is 17.3 Å². The SMILES string of the molecule is CC1CCC(NC2c3ccccc3CC2(C)C)C(C)C1. The second-order valence-corrected chi connectivity index (χ2v) is 7.97. The lowest BCUT2D eigenvalue weighted by Gasteiger charge is -2.39. The van der Waals surface area contributed by atoms with Crippen molar-refractivity contribution in [2.24, 2.45) is 17.3 Å². The molecule has 0 radical (unpaired) electrons. The van der Waals surface area contributed by atoms with Crippen LogP contribution < -0.4 is 5.32 Å². The summed E-state index contributed by atoms with van der Waals surface area (Å²) in [4.78, 5) is 0. The zero-order valence-electron chi connectivity index (χ0n) is 13.4. The van der Waals surface area contributed by atoms with Crippen LogP contribution in [-0.2, 0) is 6.42 Å². The molecule has 20 heavy (non-hydrogen) atoms. The summed E-state index contributed by atoms with van der Waals surface area (Å²) >= 11 is 0. The molecule has 1 heteroatoms. The summed E-state index contributed by atoms with van der Waals surface area (Å²) in [7, 11) is 0. The van der Waals surface area contributed by atoms with Crippen molar-refractivity contribution < 1.29 is 0 Å². The molecule has 4 atom stereocenters. The zero-order chi connectivity index (χ0) is 14.3. The van der Waals surface area contributed by atoms with Crippen LogP contribution in [0.15, 0.2) is 24.3 Å². The van der Waals surface area contributed by atoms with E-state index in [1.807, 2.05) is 0 Å². The van der Waals surface area contributed by atoms with Gasteiger partial charge in [-0.25, -0.2) is 0 Å². The average Bonchev–Trinajstić information content (AvgIpc) is 2.63. The second-order valence-electron chi connectivity index (χ2n) is 7.97. The number of fused-ring (bicyclic) bond motifs is 1. The molecule has 4 unspecified atom stereocenters. The van der Waals surface area contributed by atoms with Crippen molar-refractivity contribution >= 4 is 0 Å².